The number of methoxy groups -OCH3 is 1. The fourth-order valence-electron chi connectivity index (χ4n) is 4.30. The van der Waals surface area contributed by atoms with E-state index in [1.54, 1.807) is 6.07 Å². The van der Waals surface area contributed by atoms with Crippen LogP contribution in [-0.4, -0.2) is 61.7 Å². The lowest BCUT2D eigenvalue weighted by Gasteiger charge is -2.37. The van der Waals surface area contributed by atoms with Gasteiger partial charge in [-0.05, 0) is 56.7 Å². The Labute approximate surface area is 181 Å². The molecule has 1 saturated heterocycles. The van der Waals surface area contributed by atoms with Crippen molar-refractivity contribution in [2.24, 2.45) is 5.92 Å². The molecule has 2 fully saturated rings. The Morgan fingerprint density at radius 2 is 1.90 bits per heavy atom. The molecule has 0 aromatic carbocycles. The molecule has 2 heterocycles. The van der Waals surface area contributed by atoms with E-state index in [4.69, 9.17) is 4.74 Å². The van der Waals surface area contributed by atoms with Crippen LogP contribution in [-0.2, 0) is 15.7 Å². The van der Waals surface area contributed by atoms with Gasteiger partial charge >= 0.3 is 6.18 Å². The number of halogens is 3. The highest BCUT2D eigenvalue weighted by atomic mass is 19.4. The summed E-state index contributed by atoms with van der Waals surface area (Å²) in [5.41, 5.74) is -0.839. The maximum Gasteiger partial charge on any atom is 0.433 e. The highest BCUT2D eigenvalue weighted by Crippen LogP contribution is 2.30. The molecule has 1 aliphatic heterocycles. The van der Waals surface area contributed by atoms with Crippen LogP contribution in [0.25, 0.3) is 0 Å². The first-order valence-electron chi connectivity index (χ1n) is 10.9. The second-order valence-electron chi connectivity index (χ2n) is 8.26. The molecule has 172 valence electrons. The topological polar surface area (TPSA) is 57.7 Å². The number of piperazine rings is 1. The number of pyridine rings is 1. The van der Waals surface area contributed by atoms with Crippen molar-refractivity contribution in [3.8, 4) is 0 Å². The Hall–Kier alpha value is -2.29. The number of alkyl halides is 3. The van der Waals surface area contributed by atoms with Gasteiger partial charge < -0.3 is 15.0 Å². The van der Waals surface area contributed by atoms with Gasteiger partial charge in [0.05, 0.1) is 13.4 Å². The predicted octanol–water partition coefficient (Wildman–Crippen LogP) is 3.45. The lowest BCUT2D eigenvalue weighted by Crippen LogP contribution is -2.47. The molecule has 3 rings (SSSR count). The molecule has 0 spiro atoms. The van der Waals surface area contributed by atoms with Crippen molar-refractivity contribution in [1.29, 1.82) is 0 Å². The van der Waals surface area contributed by atoms with Crippen molar-refractivity contribution in [2.45, 2.75) is 44.3 Å². The van der Waals surface area contributed by atoms with E-state index in [0.29, 0.717) is 24.8 Å². The van der Waals surface area contributed by atoms with Gasteiger partial charge in [-0.3, -0.25) is 9.69 Å². The Balaban J connectivity index is 1.36. The number of nitrogens with one attached hydrogen (secondary N) is 1. The third-order valence-corrected chi connectivity index (χ3v) is 6.12. The average molecular weight is 441 g/mol. The van der Waals surface area contributed by atoms with Crippen molar-refractivity contribution in [3.05, 3.63) is 36.2 Å². The predicted molar refractivity (Wildman–Crippen MR) is 113 cm³/mol. The first kappa shape index (κ1) is 23.4. The number of amides is 1. The maximum atomic E-state index is 12.9. The molecular formula is C22H31F3N4O2. The van der Waals surface area contributed by atoms with Crippen LogP contribution in [0.3, 0.4) is 0 Å². The minimum atomic E-state index is -4.42. The van der Waals surface area contributed by atoms with Gasteiger partial charge in [0.2, 0.25) is 5.91 Å². The number of aromatic nitrogens is 1. The SMILES string of the molecule is COC=CC(=O)NC1CCC(CCN2CCN(c3cccc(C(F)(F)F)n3)CC2)CC1. The molecule has 1 aromatic heterocycles. The van der Waals surface area contributed by atoms with Gasteiger partial charge in [0, 0.05) is 38.3 Å². The number of nitrogens with zero attached hydrogens (tertiary/aromatic N) is 3. The Bertz CT molecular complexity index is 741. The van der Waals surface area contributed by atoms with Crippen LogP contribution in [0.2, 0.25) is 0 Å². The van der Waals surface area contributed by atoms with Gasteiger partial charge in [0.1, 0.15) is 11.5 Å². The summed E-state index contributed by atoms with van der Waals surface area (Å²) in [7, 11) is 1.51. The van der Waals surface area contributed by atoms with Crippen molar-refractivity contribution in [3.63, 3.8) is 0 Å². The zero-order chi connectivity index (χ0) is 22.3. The van der Waals surface area contributed by atoms with Crippen LogP contribution >= 0.6 is 0 Å². The summed E-state index contributed by atoms with van der Waals surface area (Å²) < 4.78 is 43.4. The van der Waals surface area contributed by atoms with Crippen molar-refractivity contribution in [2.75, 3.05) is 44.7 Å². The van der Waals surface area contributed by atoms with Gasteiger partial charge in [-0.15, -0.1) is 0 Å². The molecule has 1 aromatic rings. The molecule has 1 aliphatic carbocycles. The smallest absolute Gasteiger partial charge is 0.433 e. The monoisotopic (exact) mass is 440 g/mol. The molecule has 1 saturated carbocycles. The number of anilines is 1. The Kier molecular flexibility index (Phi) is 8.17. The van der Waals surface area contributed by atoms with Gasteiger partial charge in [-0.1, -0.05) is 6.07 Å². The molecule has 31 heavy (non-hydrogen) atoms. The summed E-state index contributed by atoms with van der Waals surface area (Å²) in [6, 6.07) is 4.31. The number of hydrogen-bond acceptors (Lipinski definition) is 5. The van der Waals surface area contributed by atoms with Crippen LogP contribution in [0.15, 0.2) is 30.5 Å². The van der Waals surface area contributed by atoms with Crippen molar-refractivity contribution in [1.82, 2.24) is 15.2 Å². The van der Waals surface area contributed by atoms with E-state index in [-0.39, 0.29) is 11.9 Å². The van der Waals surface area contributed by atoms with Crippen LogP contribution in [0.5, 0.6) is 0 Å². The van der Waals surface area contributed by atoms with Gasteiger partial charge in [-0.25, -0.2) is 4.98 Å². The molecule has 1 N–H and O–H groups in total. The summed E-state index contributed by atoms with van der Waals surface area (Å²) in [6.07, 6.45) is 3.68. The quantitative estimate of drug-likeness (QED) is 0.520. The zero-order valence-electron chi connectivity index (χ0n) is 17.9. The normalized spacial score (nSPS) is 23.2. The molecule has 0 bridgehead atoms. The fourth-order valence-corrected chi connectivity index (χ4v) is 4.30. The lowest BCUT2D eigenvalue weighted by atomic mass is 9.84. The van der Waals surface area contributed by atoms with E-state index in [2.05, 4.69) is 15.2 Å². The van der Waals surface area contributed by atoms with Gasteiger partial charge in [0.15, 0.2) is 0 Å². The number of rotatable bonds is 7. The minimum Gasteiger partial charge on any atom is -0.504 e. The van der Waals surface area contributed by atoms with E-state index in [0.717, 1.165) is 57.8 Å². The number of hydrogen-bond donors (Lipinski definition) is 1. The Morgan fingerprint density at radius 3 is 2.55 bits per heavy atom. The summed E-state index contributed by atoms with van der Waals surface area (Å²) >= 11 is 0. The summed E-state index contributed by atoms with van der Waals surface area (Å²) in [4.78, 5) is 19.8. The highest BCUT2D eigenvalue weighted by molar-refractivity contribution is 5.87. The molecule has 0 atom stereocenters. The summed E-state index contributed by atoms with van der Waals surface area (Å²) in [6.45, 7) is 4.02. The molecule has 6 nitrogen and oxygen atoms in total. The molecule has 1 amide bonds. The molecule has 0 unspecified atom stereocenters. The molecule has 2 aliphatic rings. The first-order valence-corrected chi connectivity index (χ1v) is 10.9. The fraction of sp³-hybridized carbons (Fsp3) is 0.636. The molecule has 0 radical (unpaired) electrons. The van der Waals surface area contributed by atoms with E-state index in [1.165, 1.54) is 25.5 Å². The van der Waals surface area contributed by atoms with Gasteiger partial charge in [-0.2, -0.15) is 13.2 Å². The highest BCUT2D eigenvalue weighted by Gasteiger charge is 2.33. The first-order chi connectivity index (χ1) is 14.8. The minimum absolute atomic E-state index is 0.113. The van der Waals surface area contributed by atoms with Crippen LogP contribution in [0, 0.1) is 5.92 Å². The summed E-state index contributed by atoms with van der Waals surface area (Å²) in [5.74, 6) is 0.944. The number of carbonyl (C=O) groups is 1. The molecular weight excluding hydrogens is 409 g/mol. The number of ether oxygens (including phenoxy) is 1. The summed E-state index contributed by atoms with van der Waals surface area (Å²) in [5, 5.41) is 3.02. The largest absolute Gasteiger partial charge is 0.504 e. The Morgan fingerprint density at radius 1 is 1.19 bits per heavy atom. The second-order valence-corrected chi connectivity index (χ2v) is 8.26. The maximum absolute atomic E-state index is 12.9. The third kappa shape index (κ3) is 7.12. The van der Waals surface area contributed by atoms with Crippen LogP contribution < -0.4 is 10.2 Å². The van der Waals surface area contributed by atoms with Crippen molar-refractivity contribution >= 4 is 11.7 Å². The average Bonchev–Trinajstić information content (AvgIpc) is 2.77. The van der Waals surface area contributed by atoms with E-state index in [9.17, 15) is 18.0 Å². The van der Waals surface area contributed by atoms with Crippen LogP contribution in [0.1, 0.15) is 37.8 Å². The van der Waals surface area contributed by atoms with Crippen LogP contribution in [0.4, 0.5) is 19.0 Å². The van der Waals surface area contributed by atoms with E-state index in [1.807, 2.05) is 4.90 Å². The van der Waals surface area contributed by atoms with Crippen molar-refractivity contribution < 1.29 is 22.7 Å². The third-order valence-electron chi connectivity index (χ3n) is 6.12. The standard InChI is InChI=1S/C22H31F3N4O2/c1-31-16-10-21(30)26-18-7-5-17(6-8-18)9-11-28-12-14-29(15-13-28)20-4-2-3-19(27-20)22(23,24)25/h2-4,10,16-18H,5-9,11-15H2,1H3,(H,26,30). The van der Waals surface area contributed by atoms with E-state index < -0.39 is 11.9 Å². The van der Waals surface area contributed by atoms with Gasteiger partial charge in [0.25, 0.3) is 0 Å². The number of carbonyl (C=O) groups excluding carboxylic acids is 1. The lowest BCUT2D eigenvalue weighted by molar-refractivity contribution is -0.141. The zero-order valence-corrected chi connectivity index (χ0v) is 17.9. The molecule has 9 heteroatoms. The second kappa shape index (κ2) is 10.8. The van der Waals surface area contributed by atoms with E-state index >= 15 is 0 Å².